The number of carbonyl (C=O) groups excluding carboxylic acids is 2. The molecule has 1 rings (SSSR count). The summed E-state index contributed by atoms with van der Waals surface area (Å²) in [7, 11) is 0. The molecule has 0 heterocycles. The van der Waals surface area contributed by atoms with Gasteiger partial charge in [0.15, 0.2) is 0 Å². The first-order valence-corrected chi connectivity index (χ1v) is 4.18. The van der Waals surface area contributed by atoms with Crippen LogP contribution in [-0.4, -0.2) is 12.4 Å². The maximum absolute atomic E-state index is 10.4. The second-order valence-electron chi connectivity index (χ2n) is 2.82. The molecular weight excluding hydrogens is 182 g/mol. The lowest BCUT2D eigenvalue weighted by Gasteiger charge is -2.16. The lowest BCUT2D eigenvalue weighted by atomic mass is 10.0. The van der Waals surface area contributed by atoms with Crippen LogP contribution in [0.2, 0.25) is 0 Å². The van der Waals surface area contributed by atoms with E-state index in [-0.39, 0.29) is 6.42 Å². The van der Waals surface area contributed by atoms with Gasteiger partial charge >= 0.3 is 0 Å². The van der Waals surface area contributed by atoms with Crippen molar-refractivity contribution in [3.63, 3.8) is 0 Å². The van der Waals surface area contributed by atoms with Crippen molar-refractivity contribution in [2.24, 2.45) is 0 Å². The molecule has 0 spiro atoms. The van der Waals surface area contributed by atoms with E-state index in [4.69, 9.17) is 0 Å². The first kappa shape index (κ1) is 10.2. The summed E-state index contributed by atoms with van der Waals surface area (Å²) in [4.78, 5) is 20.6. The van der Waals surface area contributed by atoms with E-state index in [1.54, 1.807) is 24.3 Å². The van der Waals surface area contributed by atoms with Gasteiger partial charge in [-0.1, -0.05) is 30.3 Å². The van der Waals surface area contributed by atoms with Gasteiger partial charge in [0.1, 0.15) is 0 Å². The predicted octanol–water partition coefficient (Wildman–Crippen LogP) is -0.386. The Morgan fingerprint density at radius 3 is 2.57 bits per heavy atom. The molecule has 74 valence electrons. The summed E-state index contributed by atoms with van der Waals surface area (Å²) in [5.41, 5.74) is 0.754. The van der Waals surface area contributed by atoms with Gasteiger partial charge in [-0.05, 0) is 5.56 Å². The molecule has 4 nitrogen and oxygen atoms in total. The van der Waals surface area contributed by atoms with Crippen LogP contribution in [-0.2, 0) is 9.59 Å². The monoisotopic (exact) mass is 192 g/mol. The minimum Gasteiger partial charge on any atom is -0.550 e. The molecule has 1 amide bonds. The molecule has 4 heteroatoms. The lowest BCUT2D eigenvalue weighted by Crippen LogP contribution is -2.30. The number of carboxylic acids is 1. The zero-order valence-electron chi connectivity index (χ0n) is 7.47. The maximum atomic E-state index is 10.4. The normalized spacial score (nSPS) is 11.7. The number of rotatable bonds is 5. The molecule has 0 bridgehead atoms. The SMILES string of the molecule is O=CN[C@@H](CC(=O)[O-])c1ccccc1. The smallest absolute Gasteiger partial charge is 0.207 e. The van der Waals surface area contributed by atoms with Crippen LogP contribution in [0.4, 0.5) is 0 Å². The third-order valence-corrected chi connectivity index (χ3v) is 1.84. The molecule has 1 aromatic carbocycles. The average molecular weight is 192 g/mol. The molecule has 1 aromatic rings. The number of hydrogen-bond donors (Lipinski definition) is 1. The largest absolute Gasteiger partial charge is 0.550 e. The van der Waals surface area contributed by atoms with Crippen LogP contribution in [0.1, 0.15) is 18.0 Å². The minimum absolute atomic E-state index is 0.219. The highest BCUT2D eigenvalue weighted by molar-refractivity contribution is 5.66. The van der Waals surface area contributed by atoms with E-state index in [2.05, 4.69) is 5.32 Å². The Kier molecular flexibility index (Phi) is 3.67. The number of hydrogen-bond acceptors (Lipinski definition) is 3. The first-order chi connectivity index (χ1) is 6.74. The fourth-order valence-electron chi connectivity index (χ4n) is 1.21. The molecule has 0 radical (unpaired) electrons. The molecule has 0 aromatic heterocycles. The molecule has 0 saturated heterocycles. The quantitative estimate of drug-likeness (QED) is 0.646. The van der Waals surface area contributed by atoms with E-state index in [0.29, 0.717) is 6.41 Å². The van der Waals surface area contributed by atoms with Crippen LogP contribution in [0.5, 0.6) is 0 Å². The molecule has 0 aliphatic heterocycles. The van der Waals surface area contributed by atoms with Gasteiger partial charge in [-0.25, -0.2) is 0 Å². The highest BCUT2D eigenvalue weighted by atomic mass is 16.4. The number of amides is 1. The van der Waals surface area contributed by atoms with Gasteiger partial charge in [-0.15, -0.1) is 0 Å². The maximum Gasteiger partial charge on any atom is 0.207 e. The third kappa shape index (κ3) is 2.90. The molecule has 0 aliphatic carbocycles. The molecule has 14 heavy (non-hydrogen) atoms. The van der Waals surface area contributed by atoms with Crippen molar-refractivity contribution in [2.45, 2.75) is 12.5 Å². The fraction of sp³-hybridized carbons (Fsp3) is 0.200. The number of aliphatic carboxylic acids is 1. The molecule has 1 atom stereocenters. The molecule has 0 saturated carbocycles. The molecule has 1 N–H and O–H groups in total. The van der Waals surface area contributed by atoms with Gasteiger partial charge in [-0.3, -0.25) is 4.79 Å². The van der Waals surface area contributed by atoms with Crippen molar-refractivity contribution < 1.29 is 14.7 Å². The van der Waals surface area contributed by atoms with Crippen molar-refractivity contribution in [1.29, 1.82) is 0 Å². The van der Waals surface area contributed by atoms with Crippen LogP contribution < -0.4 is 10.4 Å². The van der Waals surface area contributed by atoms with Crippen LogP contribution in [0.25, 0.3) is 0 Å². The van der Waals surface area contributed by atoms with Crippen molar-refractivity contribution in [1.82, 2.24) is 5.32 Å². The summed E-state index contributed by atoms with van der Waals surface area (Å²) in [6, 6.07) is 8.38. The Hall–Kier alpha value is -1.84. The van der Waals surface area contributed by atoms with E-state index < -0.39 is 12.0 Å². The second-order valence-corrected chi connectivity index (χ2v) is 2.82. The zero-order valence-corrected chi connectivity index (χ0v) is 7.47. The Morgan fingerprint density at radius 2 is 2.07 bits per heavy atom. The van der Waals surface area contributed by atoms with Crippen molar-refractivity contribution in [2.75, 3.05) is 0 Å². The van der Waals surface area contributed by atoms with E-state index in [9.17, 15) is 14.7 Å². The number of carbonyl (C=O) groups is 2. The van der Waals surface area contributed by atoms with E-state index >= 15 is 0 Å². The lowest BCUT2D eigenvalue weighted by molar-refractivity contribution is -0.306. The van der Waals surface area contributed by atoms with E-state index in [0.717, 1.165) is 5.56 Å². The summed E-state index contributed by atoms with van der Waals surface area (Å²) < 4.78 is 0. The zero-order chi connectivity index (χ0) is 10.4. The predicted molar refractivity (Wildman–Crippen MR) is 48.0 cm³/mol. The number of carboxylic acid groups (broad SMARTS) is 1. The van der Waals surface area contributed by atoms with Crippen LogP contribution in [0, 0.1) is 0 Å². The third-order valence-electron chi connectivity index (χ3n) is 1.84. The van der Waals surface area contributed by atoms with Gasteiger partial charge < -0.3 is 15.2 Å². The van der Waals surface area contributed by atoms with Crippen LogP contribution in [0.15, 0.2) is 30.3 Å². The summed E-state index contributed by atoms with van der Waals surface area (Å²) in [6.07, 6.45) is 0.267. The van der Waals surface area contributed by atoms with Gasteiger partial charge in [0.05, 0.1) is 6.04 Å². The van der Waals surface area contributed by atoms with E-state index in [1.807, 2.05) is 6.07 Å². The van der Waals surface area contributed by atoms with Crippen molar-refractivity contribution in [3.05, 3.63) is 35.9 Å². The van der Waals surface area contributed by atoms with Crippen molar-refractivity contribution >= 4 is 12.4 Å². The minimum atomic E-state index is -1.19. The summed E-state index contributed by atoms with van der Waals surface area (Å²) in [5.74, 6) is -1.19. The van der Waals surface area contributed by atoms with Crippen molar-refractivity contribution in [3.8, 4) is 0 Å². The summed E-state index contributed by atoms with van der Waals surface area (Å²) >= 11 is 0. The van der Waals surface area contributed by atoms with Gasteiger partial charge in [0.2, 0.25) is 6.41 Å². The van der Waals surface area contributed by atoms with Gasteiger partial charge in [0.25, 0.3) is 0 Å². The molecule has 0 aliphatic rings. The Bertz CT molecular complexity index is 310. The average Bonchev–Trinajstić information content (AvgIpc) is 2.18. The topological polar surface area (TPSA) is 69.2 Å². The summed E-state index contributed by atoms with van der Waals surface area (Å²) in [6.45, 7) is 0. The highest BCUT2D eigenvalue weighted by Crippen LogP contribution is 2.14. The summed E-state index contributed by atoms with van der Waals surface area (Å²) in [5, 5.41) is 12.8. The van der Waals surface area contributed by atoms with Crippen LogP contribution >= 0.6 is 0 Å². The first-order valence-electron chi connectivity index (χ1n) is 4.18. The Balaban J connectivity index is 2.77. The Morgan fingerprint density at radius 1 is 1.43 bits per heavy atom. The van der Waals surface area contributed by atoms with Gasteiger partial charge in [-0.2, -0.15) is 0 Å². The second kappa shape index (κ2) is 5.01. The van der Waals surface area contributed by atoms with Gasteiger partial charge in [0, 0.05) is 12.4 Å². The van der Waals surface area contributed by atoms with Crippen LogP contribution in [0.3, 0.4) is 0 Å². The highest BCUT2D eigenvalue weighted by Gasteiger charge is 2.09. The number of benzene rings is 1. The van der Waals surface area contributed by atoms with E-state index in [1.165, 1.54) is 0 Å². The molecule has 0 unspecified atom stereocenters. The standard InChI is InChI=1S/C10H11NO3/c12-7-11-9(6-10(13)14)8-4-2-1-3-5-8/h1-5,7,9H,6H2,(H,11,12)(H,13,14)/p-1/t9-/m0/s1. The Labute approximate surface area is 81.6 Å². The fourth-order valence-corrected chi connectivity index (χ4v) is 1.21. The molecule has 0 fully saturated rings. The molecular formula is C10H10NO3-. The number of nitrogens with one attached hydrogen (secondary N) is 1.